The Morgan fingerprint density at radius 1 is 1.00 bits per heavy atom. The molecular weight excluding hydrogens is 380 g/mol. The molecule has 2 aromatic carbocycles. The van der Waals surface area contributed by atoms with Crippen molar-refractivity contribution in [2.24, 2.45) is 4.99 Å². The zero-order valence-electron chi connectivity index (χ0n) is 15.4. The van der Waals surface area contributed by atoms with Crippen LogP contribution in [-0.4, -0.2) is 67.8 Å². The summed E-state index contributed by atoms with van der Waals surface area (Å²) < 4.78 is 32.0. The second kappa shape index (κ2) is 9.29. The van der Waals surface area contributed by atoms with Gasteiger partial charge in [-0.25, -0.2) is 13.4 Å². The standard InChI is InChI=1S/C20H24N2O5S/c23-12-10-22(11-13-24)28(25,26)19-8-6-17(7-9-19)20-21-18(15-27-20)14-16-4-2-1-3-5-16/h1-9,18,23-24H,10-15H2/t18-/m0/s1. The van der Waals surface area contributed by atoms with Gasteiger partial charge >= 0.3 is 0 Å². The number of aliphatic hydroxyl groups is 2. The van der Waals surface area contributed by atoms with Crippen LogP contribution in [0.2, 0.25) is 0 Å². The van der Waals surface area contributed by atoms with Gasteiger partial charge in [-0.05, 0) is 36.2 Å². The Morgan fingerprint density at radius 2 is 1.64 bits per heavy atom. The van der Waals surface area contributed by atoms with Gasteiger partial charge in [0.05, 0.1) is 24.2 Å². The summed E-state index contributed by atoms with van der Waals surface area (Å²) in [5, 5.41) is 18.1. The van der Waals surface area contributed by atoms with Crippen molar-refractivity contribution in [1.29, 1.82) is 0 Å². The number of hydrogen-bond acceptors (Lipinski definition) is 6. The van der Waals surface area contributed by atoms with Crippen LogP contribution < -0.4 is 0 Å². The van der Waals surface area contributed by atoms with Crippen molar-refractivity contribution in [2.45, 2.75) is 17.4 Å². The van der Waals surface area contributed by atoms with Crippen LogP contribution in [0, 0.1) is 0 Å². The predicted molar refractivity (Wildman–Crippen MR) is 106 cm³/mol. The fourth-order valence-corrected chi connectivity index (χ4v) is 4.48. The molecule has 0 saturated carbocycles. The number of aliphatic hydroxyl groups excluding tert-OH is 2. The van der Waals surface area contributed by atoms with E-state index in [1.165, 1.54) is 17.7 Å². The molecule has 0 saturated heterocycles. The number of sulfonamides is 1. The van der Waals surface area contributed by atoms with E-state index in [1.54, 1.807) is 12.1 Å². The van der Waals surface area contributed by atoms with Crippen molar-refractivity contribution in [3.63, 3.8) is 0 Å². The van der Waals surface area contributed by atoms with Crippen LogP contribution in [0.15, 0.2) is 64.5 Å². The SMILES string of the molecule is O=S(=O)(c1ccc(C2=N[C@@H](Cc3ccccc3)CO2)cc1)N(CCO)CCO. The van der Waals surface area contributed by atoms with Crippen LogP contribution >= 0.6 is 0 Å². The zero-order chi connectivity index (χ0) is 20.0. The van der Waals surface area contributed by atoms with Gasteiger partial charge in [-0.1, -0.05) is 30.3 Å². The summed E-state index contributed by atoms with van der Waals surface area (Å²) in [6.07, 6.45) is 0.786. The molecule has 0 amide bonds. The number of hydrogen-bond donors (Lipinski definition) is 2. The number of rotatable bonds is 9. The maximum absolute atomic E-state index is 12.6. The van der Waals surface area contributed by atoms with E-state index in [2.05, 4.69) is 17.1 Å². The predicted octanol–water partition coefficient (Wildman–Crippen LogP) is 1.05. The molecule has 8 heteroatoms. The van der Waals surface area contributed by atoms with E-state index in [4.69, 9.17) is 14.9 Å². The molecule has 150 valence electrons. The first-order valence-corrected chi connectivity index (χ1v) is 10.6. The number of nitrogens with zero attached hydrogens (tertiary/aromatic N) is 2. The molecule has 0 bridgehead atoms. The van der Waals surface area contributed by atoms with Crippen LogP contribution in [-0.2, 0) is 21.2 Å². The molecule has 1 atom stereocenters. The lowest BCUT2D eigenvalue weighted by molar-refractivity contribution is 0.217. The molecule has 1 heterocycles. The van der Waals surface area contributed by atoms with Crippen LogP contribution in [0.3, 0.4) is 0 Å². The van der Waals surface area contributed by atoms with E-state index in [0.29, 0.717) is 18.1 Å². The van der Waals surface area contributed by atoms with Gasteiger partial charge in [0.25, 0.3) is 0 Å². The maximum atomic E-state index is 12.6. The van der Waals surface area contributed by atoms with Crippen molar-refractivity contribution in [1.82, 2.24) is 4.31 Å². The smallest absolute Gasteiger partial charge is 0.243 e. The minimum Gasteiger partial charge on any atom is -0.475 e. The average Bonchev–Trinajstić information content (AvgIpc) is 3.17. The Hall–Kier alpha value is -2.26. The first kappa shape index (κ1) is 20.5. The van der Waals surface area contributed by atoms with Crippen LogP contribution in [0.25, 0.3) is 0 Å². The lowest BCUT2D eigenvalue weighted by Gasteiger charge is -2.20. The normalized spacial score (nSPS) is 16.8. The molecular formula is C20H24N2O5S. The number of ether oxygens (including phenoxy) is 1. The van der Waals surface area contributed by atoms with Crippen molar-refractivity contribution in [3.8, 4) is 0 Å². The summed E-state index contributed by atoms with van der Waals surface area (Å²) in [6, 6.07) is 16.4. The molecule has 0 aliphatic carbocycles. The first-order valence-electron chi connectivity index (χ1n) is 9.11. The van der Waals surface area contributed by atoms with Gasteiger partial charge in [0.15, 0.2) is 0 Å². The quantitative estimate of drug-likeness (QED) is 0.651. The van der Waals surface area contributed by atoms with Gasteiger partial charge < -0.3 is 14.9 Å². The van der Waals surface area contributed by atoms with Crippen molar-refractivity contribution in [2.75, 3.05) is 32.9 Å². The summed E-state index contributed by atoms with van der Waals surface area (Å²) in [7, 11) is -3.78. The molecule has 1 aliphatic rings. The van der Waals surface area contributed by atoms with Crippen molar-refractivity contribution >= 4 is 15.9 Å². The van der Waals surface area contributed by atoms with Crippen LogP contribution in [0.4, 0.5) is 0 Å². The first-order chi connectivity index (χ1) is 13.5. The molecule has 0 spiro atoms. The molecule has 0 unspecified atom stereocenters. The highest BCUT2D eigenvalue weighted by Crippen LogP contribution is 2.20. The fourth-order valence-electron chi connectivity index (χ4n) is 3.06. The molecule has 3 rings (SSSR count). The summed E-state index contributed by atoms with van der Waals surface area (Å²) in [5.41, 5.74) is 1.90. The summed E-state index contributed by atoms with van der Waals surface area (Å²) >= 11 is 0. The van der Waals surface area contributed by atoms with Gasteiger partial charge in [0.1, 0.15) is 6.61 Å². The van der Waals surface area contributed by atoms with E-state index in [9.17, 15) is 8.42 Å². The summed E-state index contributed by atoms with van der Waals surface area (Å²) in [6.45, 7) is -0.274. The molecule has 28 heavy (non-hydrogen) atoms. The van der Waals surface area contributed by atoms with Gasteiger partial charge in [-0.3, -0.25) is 0 Å². The van der Waals surface area contributed by atoms with E-state index in [-0.39, 0.29) is 37.2 Å². The van der Waals surface area contributed by atoms with Gasteiger partial charge in [-0.15, -0.1) is 0 Å². The third-order valence-corrected chi connectivity index (χ3v) is 6.38. The Balaban J connectivity index is 1.73. The summed E-state index contributed by atoms with van der Waals surface area (Å²) in [4.78, 5) is 4.70. The second-order valence-electron chi connectivity index (χ2n) is 6.46. The maximum Gasteiger partial charge on any atom is 0.243 e. The van der Waals surface area contributed by atoms with E-state index < -0.39 is 10.0 Å². The number of aliphatic imine (C=N–C) groups is 1. The highest BCUT2D eigenvalue weighted by atomic mass is 32.2. The molecule has 2 N–H and O–H groups in total. The third-order valence-electron chi connectivity index (χ3n) is 4.46. The minimum atomic E-state index is -3.78. The van der Waals surface area contributed by atoms with Gasteiger partial charge in [0, 0.05) is 18.7 Å². The average molecular weight is 404 g/mol. The zero-order valence-corrected chi connectivity index (χ0v) is 16.3. The van der Waals surface area contributed by atoms with E-state index >= 15 is 0 Å². The van der Waals surface area contributed by atoms with E-state index in [0.717, 1.165) is 10.7 Å². The second-order valence-corrected chi connectivity index (χ2v) is 8.40. The molecule has 0 fully saturated rings. The Kier molecular flexibility index (Phi) is 6.79. The summed E-state index contributed by atoms with van der Waals surface area (Å²) in [5.74, 6) is 0.507. The molecule has 0 aromatic heterocycles. The third kappa shape index (κ3) is 4.77. The molecule has 7 nitrogen and oxygen atoms in total. The minimum absolute atomic E-state index is 0.0328. The largest absolute Gasteiger partial charge is 0.475 e. The Bertz CT molecular complexity index is 892. The van der Waals surface area contributed by atoms with Crippen molar-refractivity contribution in [3.05, 3.63) is 65.7 Å². The topological polar surface area (TPSA) is 99.4 Å². The van der Waals surface area contributed by atoms with E-state index in [1.807, 2.05) is 18.2 Å². The van der Waals surface area contributed by atoms with Crippen molar-refractivity contribution < 1.29 is 23.4 Å². The number of benzene rings is 2. The Morgan fingerprint density at radius 3 is 2.25 bits per heavy atom. The monoisotopic (exact) mass is 404 g/mol. The van der Waals surface area contributed by atoms with Gasteiger partial charge in [0.2, 0.25) is 15.9 Å². The highest BCUT2D eigenvalue weighted by Gasteiger charge is 2.25. The van der Waals surface area contributed by atoms with Crippen LogP contribution in [0.5, 0.6) is 0 Å². The lowest BCUT2D eigenvalue weighted by atomic mass is 10.1. The van der Waals surface area contributed by atoms with Gasteiger partial charge in [-0.2, -0.15) is 4.31 Å². The molecule has 0 radical (unpaired) electrons. The Labute approximate surface area is 165 Å². The van der Waals surface area contributed by atoms with Crippen LogP contribution in [0.1, 0.15) is 11.1 Å². The lowest BCUT2D eigenvalue weighted by Crippen LogP contribution is -2.35. The highest BCUT2D eigenvalue weighted by molar-refractivity contribution is 7.89. The molecule has 2 aromatic rings. The fraction of sp³-hybridized carbons (Fsp3) is 0.350. The molecule has 1 aliphatic heterocycles.